The maximum Gasteiger partial charge on any atom is 0.328 e. The van der Waals surface area contributed by atoms with Crippen LogP contribution in [0.15, 0.2) is 30.5 Å². The van der Waals surface area contributed by atoms with Gasteiger partial charge in [-0.1, -0.05) is 13.0 Å². The number of hydrogen-bond donors (Lipinski definition) is 3. The van der Waals surface area contributed by atoms with Crippen LogP contribution in [0.2, 0.25) is 0 Å². The molecule has 2 aliphatic rings. The highest BCUT2D eigenvalue weighted by Crippen LogP contribution is 2.48. The molecule has 2 heterocycles. The van der Waals surface area contributed by atoms with E-state index in [1.807, 2.05) is 13.1 Å². The molecule has 0 spiro atoms. The van der Waals surface area contributed by atoms with Gasteiger partial charge in [-0.3, -0.25) is 10.00 Å². The number of fused-ring (bicyclic) bond motifs is 2. The molecular formula is C22H27N3O5. The van der Waals surface area contributed by atoms with Gasteiger partial charge in [0.25, 0.3) is 0 Å². The first-order chi connectivity index (χ1) is 14.5. The van der Waals surface area contributed by atoms with Crippen LogP contribution in [0.5, 0.6) is 5.75 Å². The van der Waals surface area contributed by atoms with Crippen molar-refractivity contribution >= 4 is 11.9 Å². The fraction of sp³-hybridized carbons (Fsp3) is 0.409. The van der Waals surface area contributed by atoms with Crippen LogP contribution in [-0.4, -0.2) is 56.9 Å². The molecule has 2 aromatic rings. The van der Waals surface area contributed by atoms with Crippen LogP contribution < -0.4 is 4.74 Å². The van der Waals surface area contributed by atoms with Crippen LogP contribution in [0.25, 0.3) is 11.3 Å². The summed E-state index contributed by atoms with van der Waals surface area (Å²) >= 11 is 0. The van der Waals surface area contributed by atoms with Gasteiger partial charge in [-0.2, -0.15) is 5.10 Å². The number of nitrogens with one attached hydrogen (secondary N) is 1. The summed E-state index contributed by atoms with van der Waals surface area (Å²) in [5.74, 6) is -1.52. The first-order valence-electron chi connectivity index (χ1n) is 10.1. The average Bonchev–Trinajstić information content (AvgIpc) is 3.19. The van der Waals surface area contributed by atoms with Gasteiger partial charge in [0.1, 0.15) is 5.75 Å². The molecule has 0 fully saturated rings. The van der Waals surface area contributed by atoms with Crippen molar-refractivity contribution in [1.29, 1.82) is 0 Å². The van der Waals surface area contributed by atoms with E-state index in [1.165, 1.54) is 28.7 Å². The molecule has 160 valence electrons. The summed E-state index contributed by atoms with van der Waals surface area (Å²) in [6.07, 6.45) is 6.49. The summed E-state index contributed by atoms with van der Waals surface area (Å²) < 4.78 is 5.93. The highest BCUT2D eigenvalue weighted by Gasteiger charge is 2.36. The van der Waals surface area contributed by atoms with Crippen molar-refractivity contribution in [2.24, 2.45) is 0 Å². The number of carboxylic acid groups (broad SMARTS) is 2. The van der Waals surface area contributed by atoms with Gasteiger partial charge in [0.15, 0.2) is 0 Å². The SMILES string of the molecule is CCCN1CCc2ccc(OCC)c3c2C1Cc1cn[nH]c1-3.O=C(O)/C=C\C(=O)O. The van der Waals surface area contributed by atoms with Crippen molar-refractivity contribution in [3.8, 4) is 17.0 Å². The lowest BCUT2D eigenvalue weighted by atomic mass is 9.79. The zero-order chi connectivity index (χ0) is 21.7. The normalized spacial score (nSPS) is 16.9. The van der Waals surface area contributed by atoms with E-state index in [1.54, 1.807) is 0 Å². The molecule has 0 bridgehead atoms. The molecule has 1 aliphatic heterocycles. The van der Waals surface area contributed by atoms with Crippen molar-refractivity contribution in [1.82, 2.24) is 15.1 Å². The number of benzene rings is 1. The van der Waals surface area contributed by atoms with E-state index in [-0.39, 0.29) is 0 Å². The van der Waals surface area contributed by atoms with Crippen molar-refractivity contribution in [2.75, 3.05) is 19.7 Å². The Hall–Kier alpha value is -3.13. The van der Waals surface area contributed by atoms with Gasteiger partial charge in [0, 0.05) is 30.3 Å². The predicted molar refractivity (Wildman–Crippen MR) is 112 cm³/mol. The molecule has 1 aliphatic carbocycles. The molecule has 8 nitrogen and oxygen atoms in total. The van der Waals surface area contributed by atoms with E-state index in [0.29, 0.717) is 24.8 Å². The number of aromatic nitrogens is 2. The second-order valence-electron chi connectivity index (χ2n) is 7.23. The number of aliphatic carboxylic acids is 2. The highest BCUT2D eigenvalue weighted by atomic mass is 16.5. The maximum absolute atomic E-state index is 9.55. The molecule has 8 heteroatoms. The summed E-state index contributed by atoms with van der Waals surface area (Å²) in [7, 11) is 0. The van der Waals surface area contributed by atoms with Crippen molar-refractivity contribution in [3.05, 3.63) is 47.2 Å². The Morgan fingerprint density at radius 1 is 1.23 bits per heavy atom. The summed E-state index contributed by atoms with van der Waals surface area (Å²) in [4.78, 5) is 21.7. The van der Waals surface area contributed by atoms with Gasteiger partial charge in [0.2, 0.25) is 0 Å². The first kappa shape index (κ1) is 21.6. The van der Waals surface area contributed by atoms with E-state index in [0.717, 1.165) is 37.4 Å². The Labute approximate surface area is 175 Å². The quantitative estimate of drug-likeness (QED) is 0.623. The minimum atomic E-state index is -1.26. The summed E-state index contributed by atoms with van der Waals surface area (Å²) in [5.41, 5.74) is 6.69. The van der Waals surface area contributed by atoms with Gasteiger partial charge in [-0.15, -0.1) is 0 Å². The molecule has 1 atom stereocenters. The molecule has 30 heavy (non-hydrogen) atoms. The largest absolute Gasteiger partial charge is 0.493 e. The summed E-state index contributed by atoms with van der Waals surface area (Å²) in [6, 6.07) is 4.88. The summed E-state index contributed by atoms with van der Waals surface area (Å²) in [6.45, 7) is 7.32. The number of aromatic amines is 1. The molecule has 0 saturated heterocycles. The van der Waals surface area contributed by atoms with Crippen molar-refractivity contribution < 1.29 is 24.5 Å². The number of H-pyrrole nitrogens is 1. The standard InChI is InChI=1S/C18H23N3O.C4H4O4/c1-3-8-21-9-7-12-5-6-15(22-4-2)17-16(12)14(21)10-13-11-19-20-18(13)17;5-3(6)1-2-4(7)8/h5-6,11,14H,3-4,7-10H2,1-2H3,(H,19,20);1-2H,(H,5,6)(H,7,8)/b;2-1-. The molecule has 1 unspecified atom stereocenters. The lowest BCUT2D eigenvalue weighted by Gasteiger charge is -2.41. The first-order valence-corrected chi connectivity index (χ1v) is 10.1. The molecule has 0 radical (unpaired) electrons. The van der Waals surface area contributed by atoms with E-state index >= 15 is 0 Å². The lowest BCUT2D eigenvalue weighted by Crippen LogP contribution is -2.38. The third-order valence-corrected chi connectivity index (χ3v) is 5.30. The van der Waals surface area contributed by atoms with E-state index in [9.17, 15) is 9.59 Å². The molecule has 1 aromatic heterocycles. The van der Waals surface area contributed by atoms with Crippen LogP contribution in [0.4, 0.5) is 0 Å². The summed E-state index contributed by atoms with van der Waals surface area (Å²) in [5, 5.41) is 23.1. The Morgan fingerprint density at radius 2 is 1.97 bits per heavy atom. The van der Waals surface area contributed by atoms with Gasteiger partial charge in [-0.05, 0) is 55.5 Å². The minimum Gasteiger partial charge on any atom is -0.493 e. The predicted octanol–water partition coefficient (Wildman–Crippen LogP) is 3.05. The molecule has 0 amide bonds. The van der Waals surface area contributed by atoms with Crippen molar-refractivity contribution in [2.45, 2.75) is 39.2 Å². The second-order valence-corrected chi connectivity index (χ2v) is 7.23. The van der Waals surface area contributed by atoms with Crippen LogP contribution in [0.3, 0.4) is 0 Å². The Balaban J connectivity index is 0.000000275. The smallest absolute Gasteiger partial charge is 0.328 e. The van der Waals surface area contributed by atoms with Crippen LogP contribution in [0, 0.1) is 0 Å². The number of carbonyl (C=O) groups is 2. The molecule has 4 rings (SSSR count). The third-order valence-electron chi connectivity index (χ3n) is 5.30. The van der Waals surface area contributed by atoms with Gasteiger partial charge in [0.05, 0.1) is 18.5 Å². The third kappa shape index (κ3) is 4.54. The molecular weight excluding hydrogens is 386 g/mol. The zero-order valence-electron chi connectivity index (χ0n) is 17.2. The maximum atomic E-state index is 9.55. The van der Waals surface area contributed by atoms with Crippen LogP contribution in [-0.2, 0) is 22.4 Å². The fourth-order valence-corrected chi connectivity index (χ4v) is 4.20. The number of rotatable bonds is 6. The van der Waals surface area contributed by atoms with E-state index in [4.69, 9.17) is 14.9 Å². The molecule has 1 aromatic carbocycles. The Kier molecular flexibility index (Phi) is 6.89. The van der Waals surface area contributed by atoms with Gasteiger partial charge >= 0.3 is 11.9 Å². The van der Waals surface area contributed by atoms with Crippen LogP contribution in [0.1, 0.15) is 43.0 Å². The van der Waals surface area contributed by atoms with E-state index < -0.39 is 11.9 Å². The fourth-order valence-electron chi connectivity index (χ4n) is 4.20. The Morgan fingerprint density at radius 3 is 2.60 bits per heavy atom. The lowest BCUT2D eigenvalue weighted by molar-refractivity contribution is -0.134. The number of hydrogen-bond acceptors (Lipinski definition) is 5. The second kappa shape index (κ2) is 9.58. The number of ether oxygens (including phenoxy) is 1. The molecule has 3 N–H and O–H groups in total. The van der Waals surface area contributed by atoms with Gasteiger partial charge < -0.3 is 14.9 Å². The minimum absolute atomic E-state index is 0.476. The van der Waals surface area contributed by atoms with E-state index in [2.05, 4.69) is 34.2 Å². The van der Waals surface area contributed by atoms with Gasteiger partial charge in [-0.25, -0.2) is 9.59 Å². The monoisotopic (exact) mass is 413 g/mol. The number of nitrogens with zero attached hydrogens (tertiary/aromatic N) is 2. The number of carboxylic acids is 2. The average molecular weight is 413 g/mol. The topological polar surface area (TPSA) is 116 Å². The zero-order valence-corrected chi connectivity index (χ0v) is 17.2. The van der Waals surface area contributed by atoms with Crippen LogP contribution >= 0.6 is 0 Å². The van der Waals surface area contributed by atoms with Crippen molar-refractivity contribution in [3.63, 3.8) is 0 Å². The Bertz CT molecular complexity index is 934. The molecule has 0 saturated carbocycles. The highest BCUT2D eigenvalue weighted by molar-refractivity contribution is 5.89.